The predicted molar refractivity (Wildman–Crippen MR) is 69.0 cm³/mol. The van der Waals surface area contributed by atoms with Crippen LogP contribution in [0.5, 0.6) is 0 Å². The van der Waals surface area contributed by atoms with Crippen LogP contribution in [0.1, 0.15) is 16.8 Å². The standard InChI is InChI=1S/C13H14N4O3/c1-20-13(19)9-2-4-16(8-9)12(18)10-6-15-17-5-3-14-7-11(10)17/h3,5-7,9H,2,4,8H2,1H3. The molecule has 1 aliphatic rings. The molecular weight excluding hydrogens is 260 g/mol. The second-order valence-electron chi connectivity index (χ2n) is 4.72. The highest BCUT2D eigenvalue weighted by Crippen LogP contribution is 2.21. The van der Waals surface area contributed by atoms with Crippen molar-refractivity contribution in [3.05, 3.63) is 30.4 Å². The Morgan fingerprint density at radius 3 is 3.05 bits per heavy atom. The number of likely N-dealkylation sites (tertiary alicyclic amines) is 1. The summed E-state index contributed by atoms with van der Waals surface area (Å²) in [7, 11) is 1.36. The molecule has 0 aromatic carbocycles. The Bertz CT molecular complexity index is 666. The number of ether oxygens (including phenoxy) is 1. The summed E-state index contributed by atoms with van der Waals surface area (Å²) in [5, 5.41) is 4.12. The highest BCUT2D eigenvalue weighted by Gasteiger charge is 2.33. The molecule has 1 aliphatic heterocycles. The lowest BCUT2D eigenvalue weighted by Gasteiger charge is -2.15. The van der Waals surface area contributed by atoms with Crippen LogP contribution in [0.2, 0.25) is 0 Å². The number of amides is 1. The zero-order valence-corrected chi connectivity index (χ0v) is 11.0. The minimum absolute atomic E-state index is 0.126. The Labute approximate surface area is 115 Å². The van der Waals surface area contributed by atoms with Crippen molar-refractivity contribution in [1.29, 1.82) is 0 Å². The van der Waals surface area contributed by atoms with Crippen LogP contribution < -0.4 is 0 Å². The van der Waals surface area contributed by atoms with Gasteiger partial charge in [-0.05, 0) is 6.42 Å². The normalized spacial score (nSPS) is 18.4. The fraction of sp³-hybridized carbons (Fsp3) is 0.385. The maximum Gasteiger partial charge on any atom is 0.310 e. The fourth-order valence-corrected chi connectivity index (χ4v) is 2.47. The van der Waals surface area contributed by atoms with E-state index in [4.69, 9.17) is 4.74 Å². The molecule has 0 aliphatic carbocycles. The highest BCUT2D eigenvalue weighted by molar-refractivity contribution is 6.00. The molecule has 2 aromatic heterocycles. The van der Waals surface area contributed by atoms with E-state index in [0.717, 1.165) is 0 Å². The molecule has 0 saturated carbocycles. The molecule has 7 nitrogen and oxygen atoms in total. The molecule has 0 radical (unpaired) electrons. The number of esters is 1. The van der Waals surface area contributed by atoms with Gasteiger partial charge in [0.2, 0.25) is 0 Å². The Hall–Kier alpha value is -2.44. The van der Waals surface area contributed by atoms with E-state index < -0.39 is 0 Å². The van der Waals surface area contributed by atoms with Gasteiger partial charge in [-0.2, -0.15) is 5.10 Å². The molecule has 0 bridgehead atoms. The summed E-state index contributed by atoms with van der Waals surface area (Å²) < 4.78 is 6.33. The summed E-state index contributed by atoms with van der Waals surface area (Å²) in [6, 6.07) is 0. The summed E-state index contributed by atoms with van der Waals surface area (Å²) >= 11 is 0. The monoisotopic (exact) mass is 274 g/mol. The molecule has 0 N–H and O–H groups in total. The Kier molecular flexibility index (Phi) is 3.09. The van der Waals surface area contributed by atoms with E-state index in [1.54, 1.807) is 28.0 Å². The highest BCUT2D eigenvalue weighted by atomic mass is 16.5. The van der Waals surface area contributed by atoms with Crippen molar-refractivity contribution in [2.75, 3.05) is 20.2 Å². The van der Waals surface area contributed by atoms with E-state index in [2.05, 4.69) is 10.1 Å². The largest absolute Gasteiger partial charge is 0.469 e. The zero-order chi connectivity index (χ0) is 14.1. The van der Waals surface area contributed by atoms with E-state index in [0.29, 0.717) is 30.6 Å². The van der Waals surface area contributed by atoms with Crippen LogP contribution in [-0.4, -0.2) is 51.6 Å². The molecule has 0 spiro atoms. The number of aromatic nitrogens is 3. The van der Waals surface area contributed by atoms with Crippen molar-refractivity contribution in [3.63, 3.8) is 0 Å². The van der Waals surface area contributed by atoms with Gasteiger partial charge in [-0.3, -0.25) is 14.6 Å². The molecule has 20 heavy (non-hydrogen) atoms. The number of hydrogen-bond donors (Lipinski definition) is 0. The molecule has 104 valence electrons. The maximum atomic E-state index is 12.5. The third-order valence-corrected chi connectivity index (χ3v) is 3.57. The van der Waals surface area contributed by atoms with Crippen LogP contribution in [0, 0.1) is 5.92 Å². The Balaban J connectivity index is 1.82. The first-order chi connectivity index (χ1) is 9.70. The van der Waals surface area contributed by atoms with Crippen LogP contribution in [-0.2, 0) is 9.53 Å². The quantitative estimate of drug-likeness (QED) is 0.739. The topological polar surface area (TPSA) is 76.8 Å². The first kappa shape index (κ1) is 12.6. The number of carbonyl (C=O) groups is 2. The second kappa shape index (κ2) is 4.92. The van der Waals surface area contributed by atoms with Crippen molar-refractivity contribution in [3.8, 4) is 0 Å². The third-order valence-electron chi connectivity index (χ3n) is 3.57. The van der Waals surface area contributed by atoms with Crippen molar-refractivity contribution in [2.45, 2.75) is 6.42 Å². The van der Waals surface area contributed by atoms with Gasteiger partial charge in [0.1, 0.15) is 0 Å². The molecule has 2 aromatic rings. The van der Waals surface area contributed by atoms with Crippen molar-refractivity contribution in [2.24, 2.45) is 5.92 Å². The molecule has 7 heteroatoms. The first-order valence-corrected chi connectivity index (χ1v) is 6.35. The summed E-state index contributed by atoms with van der Waals surface area (Å²) in [5.41, 5.74) is 1.17. The maximum absolute atomic E-state index is 12.5. The number of carbonyl (C=O) groups excluding carboxylic acids is 2. The lowest BCUT2D eigenvalue weighted by molar-refractivity contribution is -0.144. The van der Waals surface area contributed by atoms with E-state index in [-0.39, 0.29) is 17.8 Å². The second-order valence-corrected chi connectivity index (χ2v) is 4.72. The van der Waals surface area contributed by atoms with Crippen molar-refractivity contribution in [1.82, 2.24) is 19.5 Å². The van der Waals surface area contributed by atoms with Crippen LogP contribution >= 0.6 is 0 Å². The molecule has 1 unspecified atom stereocenters. The van der Waals surface area contributed by atoms with Crippen LogP contribution in [0.4, 0.5) is 0 Å². The number of methoxy groups -OCH3 is 1. The molecule has 3 heterocycles. The molecule has 1 atom stereocenters. The number of rotatable bonds is 2. The fourth-order valence-electron chi connectivity index (χ4n) is 2.47. The molecule has 1 fully saturated rings. The van der Waals surface area contributed by atoms with Crippen molar-refractivity contribution >= 4 is 17.4 Å². The van der Waals surface area contributed by atoms with Gasteiger partial charge in [0.05, 0.1) is 36.5 Å². The minimum atomic E-state index is -0.262. The minimum Gasteiger partial charge on any atom is -0.469 e. The van der Waals surface area contributed by atoms with Gasteiger partial charge in [0.15, 0.2) is 0 Å². The van der Waals surface area contributed by atoms with Gasteiger partial charge < -0.3 is 9.64 Å². The summed E-state index contributed by atoms with van der Waals surface area (Å²) in [6.45, 7) is 0.944. The van der Waals surface area contributed by atoms with Gasteiger partial charge >= 0.3 is 5.97 Å². The average Bonchev–Trinajstić information content (AvgIpc) is 3.12. The van der Waals surface area contributed by atoms with Gasteiger partial charge in [-0.1, -0.05) is 0 Å². The van der Waals surface area contributed by atoms with Gasteiger partial charge in [-0.15, -0.1) is 0 Å². The third kappa shape index (κ3) is 2.01. The van der Waals surface area contributed by atoms with E-state index in [1.807, 2.05) is 0 Å². The lowest BCUT2D eigenvalue weighted by Crippen LogP contribution is -2.30. The number of fused-ring (bicyclic) bond motifs is 1. The van der Waals surface area contributed by atoms with Crippen LogP contribution in [0.25, 0.3) is 5.52 Å². The molecule has 1 saturated heterocycles. The van der Waals surface area contributed by atoms with Crippen LogP contribution in [0.3, 0.4) is 0 Å². The van der Waals surface area contributed by atoms with Crippen LogP contribution in [0.15, 0.2) is 24.8 Å². The lowest BCUT2D eigenvalue weighted by atomic mass is 10.1. The molecular formula is C13H14N4O3. The van der Waals surface area contributed by atoms with Crippen molar-refractivity contribution < 1.29 is 14.3 Å². The Morgan fingerprint density at radius 2 is 2.25 bits per heavy atom. The Morgan fingerprint density at radius 1 is 1.40 bits per heavy atom. The van der Waals surface area contributed by atoms with E-state index in [9.17, 15) is 9.59 Å². The summed E-state index contributed by atoms with van der Waals surface area (Å²) in [4.78, 5) is 29.6. The first-order valence-electron chi connectivity index (χ1n) is 6.35. The summed E-state index contributed by atoms with van der Waals surface area (Å²) in [6.07, 6.45) is 7.07. The average molecular weight is 274 g/mol. The zero-order valence-electron chi connectivity index (χ0n) is 11.0. The van der Waals surface area contributed by atoms with E-state index >= 15 is 0 Å². The van der Waals surface area contributed by atoms with E-state index in [1.165, 1.54) is 13.3 Å². The number of hydrogen-bond acceptors (Lipinski definition) is 5. The SMILES string of the molecule is COC(=O)C1CCN(C(=O)c2cnn3ccncc23)C1. The predicted octanol–water partition coefficient (Wildman–Crippen LogP) is 0.364. The smallest absolute Gasteiger partial charge is 0.310 e. The molecule has 3 rings (SSSR count). The van der Waals surface area contributed by atoms with Gasteiger partial charge in [0.25, 0.3) is 5.91 Å². The summed E-state index contributed by atoms with van der Waals surface area (Å²) in [5.74, 6) is -0.620. The van der Waals surface area contributed by atoms with Gasteiger partial charge in [0, 0.05) is 25.5 Å². The number of nitrogens with zero attached hydrogens (tertiary/aromatic N) is 4. The van der Waals surface area contributed by atoms with Gasteiger partial charge in [-0.25, -0.2) is 4.52 Å². The molecule has 1 amide bonds.